The van der Waals surface area contributed by atoms with E-state index in [1.807, 2.05) is 39.0 Å². The van der Waals surface area contributed by atoms with Gasteiger partial charge in [0, 0.05) is 36.7 Å². The number of piperidine rings is 1. The number of sulfonamides is 1. The number of likely N-dealkylation sites (tertiary alicyclic amines) is 1. The van der Waals surface area contributed by atoms with Gasteiger partial charge in [0.25, 0.3) is 0 Å². The largest absolute Gasteiger partial charge is 0.492 e. The third kappa shape index (κ3) is 8.14. The second-order valence-electron chi connectivity index (χ2n) is 13.3. The lowest BCUT2D eigenvalue weighted by molar-refractivity contribution is 0.0687. The molecule has 3 heterocycles. The zero-order valence-electron chi connectivity index (χ0n) is 27.8. The fraction of sp³-hybridized carbons (Fsp3) is 0.441. The summed E-state index contributed by atoms with van der Waals surface area (Å²) in [5.41, 5.74) is 8.44. The number of fused-ring (bicyclic) bond motifs is 1. The van der Waals surface area contributed by atoms with Crippen molar-refractivity contribution in [2.75, 3.05) is 36.9 Å². The number of nitrogen functional groups attached to an aromatic ring is 1. The molecule has 4 aromatic rings. The van der Waals surface area contributed by atoms with Gasteiger partial charge in [-0.25, -0.2) is 18.2 Å². The van der Waals surface area contributed by atoms with Crippen LogP contribution in [0.1, 0.15) is 74.2 Å². The lowest BCUT2D eigenvalue weighted by atomic mass is 9.86. The normalized spacial score (nSPS) is 16.0. The monoisotopic (exact) mass is 664 g/mol. The maximum Gasteiger partial charge on any atom is 0.352 e. The van der Waals surface area contributed by atoms with Gasteiger partial charge in [-0.3, -0.25) is 4.72 Å². The zero-order chi connectivity index (χ0) is 34.1. The number of aromatic carboxylic acids is 1. The molecule has 0 spiro atoms. The van der Waals surface area contributed by atoms with Crippen LogP contribution in [0.3, 0.4) is 0 Å². The number of benzene rings is 2. The molecule has 0 atom stereocenters. The number of methoxy groups -OCH3 is 1. The number of carboxylic acid groups (broad SMARTS) is 1. The number of carboxylic acids is 1. The summed E-state index contributed by atoms with van der Waals surface area (Å²) in [7, 11) is -0.186. The van der Waals surface area contributed by atoms with Crippen LogP contribution in [-0.2, 0) is 22.5 Å². The second-order valence-corrected chi connectivity index (χ2v) is 15.0. The van der Waals surface area contributed by atoms with Gasteiger partial charge in [0.2, 0.25) is 15.9 Å². The first kappa shape index (κ1) is 34.0. The van der Waals surface area contributed by atoms with Crippen molar-refractivity contribution in [3.63, 3.8) is 0 Å². The van der Waals surface area contributed by atoms with Crippen molar-refractivity contribution >= 4 is 38.3 Å². The smallest absolute Gasteiger partial charge is 0.352 e. The van der Waals surface area contributed by atoms with Crippen LogP contribution < -0.4 is 19.9 Å². The number of para-hydroxylation sites is 1. The molecule has 13 heteroatoms. The number of nitrogens with zero attached hydrogens (tertiary/aromatic N) is 4. The fourth-order valence-corrected chi connectivity index (χ4v) is 6.49. The van der Waals surface area contributed by atoms with E-state index in [0.717, 1.165) is 60.5 Å². The minimum Gasteiger partial charge on any atom is -0.492 e. The number of ether oxygens (including phenoxy) is 2. The number of nitrogens with one attached hydrogen (secondary N) is 1. The highest BCUT2D eigenvalue weighted by Gasteiger charge is 2.33. The Labute approximate surface area is 276 Å². The summed E-state index contributed by atoms with van der Waals surface area (Å²) in [4.78, 5) is 23.2. The van der Waals surface area contributed by atoms with Crippen molar-refractivity contribution < 1.29 is 27.8 Å². The van der Waals surface area contributed by atoms with E-state index in [1.165, 1.54) is 20.0 Å². The number of carbonyl (C=O) groups is 1. The molecular formula is C34H44N6O6S. The lowest BCUT2D eigenvalue weighted by Gasteiger charge is -2.31. The summed E-state index contributed by atoms with van der Waals surface area (Å²) in [6.45, 7) is 8.31. The molecule has 0 radical (unpaired) electrons. The first-order valence-electron chi connectivity index (χ1n) is 15.7. The van der Waals surface area contributed by atoms with Crippen LogP contribution in [0, 0.1) is 0 Å². The van der Waals surface area contributed by atoms with E-state index in [9.17, 15) is 18.3 Å². The summed E-state index contributed by atoms with van der Waals surface area (Å²) < 4.78 is 38.0. The molecule has 0 bridgehead atoms. The predicted octanol–water partition coefficient (Wildman–Crippen LogP) is 5.75. The van der Waals surface area contributed by atoms with Crippen molar-refractivity contribution in [1.82, 2.24) is 19.4 Å². The molecular weight excluding hydrogens is 620 g/mol. The van der Waals surface area contributed by atoms with Gasteiger partial charge in [0.15, 0.2) is 11.5 Å². The molecule has 1 saturated carbocycles. The number of aryl methyl sites for hydroxylation is 1. The van der Waals surface area contributed by atoms with Crippen molar-refractivity contribution in [1.29, 1.82) is 0 Å². The first-order chi connectivity index (χ1) is 22.1. The lowest BCUT2D eigenvalue weighted by Crippen LogP contribution is -2.35. The summed E-state index contributed by atoms with van der Waals surface area (Å²) in [6, 6.07) is 13.3. The number of rotatable bonds is 8. The Morgan fingerprint density at radius 2 is 1.79 bits per heavy atom. The van der Waals surface area contributed by atoms with Crippen LogP contribution >= 0.6 is 0 Å². The van der Waals surface area contributed by atoms with Gasteiger partial charge in [-0.2, -0.15) is 4.98 Å². The summed E-state index contributed by atoms with van der Waals surface area (Å²) in [6.07, 6.45) is 7.69. The number of anilines is 2. The molecule has 2 fully saturated rings. The van der Waals surface area contributed by atoms with Crippen molar-refractivity contribution in [2.45, 2.75) is 63.8 Å². The predicted molar refractivity (Wildman–Crippen MR) is 183 cm³/mol. The molecule has 252 valence electrons. The average Bonchev–Trinajstić information content (AvgIpc) is 3.79. The Kier molecular flexibility index (Phi) is 9.69. The van der Waals surface area contributed by atoms with E-state index in [2.05, 4.69) is 19.6 Å². The van der Waals surface area contributed by atoms with E-state index in [0.29, 0.717) is 34.7 Å². The molecule has 2 aromatic heterocycles. The molecule has 4 N–H and O–H groups in total. The molecule has 12 nitrogen and oxygen atoms in total. The molecule has 1 saturated heterocycles. The molecule has 0 unspecified atom stereocenters. The maximum absolute atomic E-state index is 11.5. The Morgan fingerprint density at radius 1 is 1.09 bits per heavy atom. The van der Waals surface area contributed by atoms with Gasteiger partial charge in [0.1, 0.15) is 11.5 Å². The Bertz CT molecular complexity index is 1870. The molecule has 2 aliphatic rings. The van der Waals surface area contributed by atoms with Crippen molar-refractivity contribution in [3.05, 3.63) is 65.7 Å². The van der Waals surface area contributed by atoms with Crippen LogP contribution in [-0.4, -0.2) is 71.4 Å². The molecule has 1 aliphatic carbocycles. The number of nitrogens with two attached hydrogens (primary N) is 1. The minimum absolute atomic E-state index is 0.131. The Hall–Kier alpha value is -4.36. The quantitative estimate of drug-likeness (QED) is 0.198. The fourth-order valence-electron chi connectivity index (χ4n) is 5.94. The molecule has 2 aromatic carbocycles. The van der Waals surface area contributed by atoms with Crippen molar-refractivity contribution in [2.24, 2.45) is 7.05 Å². The highest BCUT2D eigenvalue weighted by molar-refractivity contribution is 7.92. The van der Waals surface area contributed by atoms with Crippen LogP contribution in [0.25, 0.3) is 10.9 Å². The summed E-state index contributed by atoms with van der Waals surface area (Å²) in [5.74, 6) is 1.65. The SMILES string of the molecule is COc1c(N)cc(C(C)(C)C)cc1NS(C)(=O)=O.Cn1c(C(=O)O)cc2cccc(Oc3ccnc(C4CCN(C5CC5)CC4)n3)c21. The van der Waals surface area contributed by atoms with Gasteiger partial charge in [0.05, 0.1) is 30.3 Å². The summed E-state index contributed by atoms with van der Waals surface area (Å²) in [5, 5.41) is 10.2. The zero-order valence-corrected chi connectivity index (χ0v) is 28.6. The van der Waals surface area contributed by atoms with Gasteiger partial charge in [-0.1, -0.05) is 32.9 Å². The Balaban J connectivity index is 0.000000209. The topological polar surface area (TPSA) is 162 Å². The van der Waals surface area contributed by atoms with Crippen LogP contribution in [0.5, 0.6) is 17.4 Å². The van der Waals surface area contributed by atoms with Crippen LogP contribution in [0.4, 0.5) is 11.4 Å². The summed E-state index contributed by atoms with van der Waals surface area (Å²) >= 11 is 0. The van der Waals surface area contributed by atoms with E-state index in [4.69, 9.17) is 15.2 Å². The molecule has 47 heavy (non-hydrogen) atoms. The highest BCUT2D eigenvalue weighted by Crippen LogP contribution is 2.38. The highest BCUT2D eigenvalue weighted by atomic mass is 32.2. The first-order valence-corrected chi connectivity index (χ1v) is 17.6. The van der Waals surface area contributed by atoms with Crippen LogP contribution in [0.2, 0.25) is 0 Å². The second kappa shape index (κ2) is 13.4. The number of hydrogen-bond acceptors (Lipinski definition) is 9. The minimum atomic E-state index is -3.37. The maximum atomic E-state index is 11.5. The number of hydrogen-bond donors (Lipinski definition) is 3. The van der Waals surface area contributed by atoms with E-state index in [1.54, 1.807) is 42.1 Å². The molecule has 0 amide bonds. The van der Waals surface area contributed by atoms with Crippen LogP contribution in [0.15, 0.2) is 48.7 Å². The third-order valence-corrected chi connectivity index (χ3v) is 9.13. The van der Waals surface area contributed by atoms with Gasteiger partial charge in [-0.15, -0.1) is 0 Å². The van der Waals surface area contributed by atoms with Gasteiger partial charge >= 0.3 is 5.97 Å². The van der Waals surface area contributed by atoms with E-state index >= 15 is 0 Å². The molecule has 1 aliphatic heterocycles. The van der Waals surface area contributed by atoms with Gasteiger partial charge < -0.3 is 29.8 Å². The standard InChI is InChI=1S/C22H24N4O3.C12H20N2O3S/c1-25-17(22(27)28)13-15-3-2-4-18(20(15)25)29-19-7-10-23-21(24-19)14-8-11-26(12-9-14)16-5-6-16;1-12(2,3)8-6-9(13)11(17-4)10(7-8)14-18(5,15)16/h2-4,7,10,13-14,16H,5-6,8-9,11-12H2,1H3,(H,27,28);6-7,14H,13H2,1-5H3. The van der Waals surface area contributed by atoms with E-state index in [-0.39, 0.29) is 11.1 Å². The van der Waals surface area contributed by atoms with Gasteiger partial charge in [-0.05, 0) is 74.0 Å². The van der Waals surface area contributed by atoms with Crippen molar-refractivity contribution in [3.8, 4) is 17.4 Å². The van der Waals surface area contributed by atoms with E-state index < -0.39 is 16.0 Å². The third-order valence-electron chi connectivity index (χ3n) is 8.54. The average molecular weight is 665 g/mol. The molecule has 6 rings (SSSR count). The Morgan fingerprint density at radius 3 is 2.38 bits per heavy atom. The number of aromatic nitrogens is 3.